The molecule has 114 valence electrons. The number of aromatic nitrogens is 2. The van der Waals surface area contributed by atoms with Crippen molar-refractivity contribution in [1.82, 2.24) is 20.4 Å². The number of benzene rings is 1. The van der Waals surface area contributed by atoms with Crippen molar-refractivity contribution in [2.45, 2.75) is 18.9 Å². The van der Waals surface area contributed by atoms with Crippen LogP contribution in [0.5, 0.6) is 0 Å². The number of hydrogen-bond donors (Lipinski definition) is 2. The van der Waals surface area contributed by atoms with Crippen LogP contribution in [-0.2, 0) is 0 Å². The fourth-order valence-corrected chi connectivity index (χ4v) is 3.60. The number of nitrogens with zero attached hydrogens (tertiary/aromatic N) is 3. The van der Waals surface area contributed by atoms with E-state index in [-0.39, 0.29) is 11.9 Å². The molecule has 2 bridgehead atoms. The Morgan fingerprint density at radius 2 is 2.18 bits per heavy atom. The van der Waals surface area contributed by atoms with Crippen LogP contribution >= 0.6 is 0 Å². The fourth-order valence-electron chi connectivity index (χ4n) is 3.60. The summed E-state index contributed by atoms with van der Waals surface area (Å²) in [7, 11) is 0. The Balaban J connectivity index is 1.59. The van der Waals surface area contributed by atoms with Gasteiger partial charge in [0.05, 0.1) is 5.52 Å². The number of hydrogen-bond acceptors (Lipinski definition) is 5. The monoisotopic (exact) mass is 299 g/mol. The summed E-state index contributed by atoms with van der Waals surface area (Å²) < 4.78 is 0. The number of aromatic amines is 1. The van der Waals surface area contributed by atoms with Gasteiger partial charge in [0, 0.05) is 18.0 Å². The van der Waals surface area contributed by atoms with Gasteiger partial charge in [0.1, 0.15) is 5.69 Å². The first-order chi connectivity index (χ1) is 10.7. The Hall–Kier alpha value is -2.28. The highest BCUT2D eigenvalue weighted by Crippen LogP contribution is 2.28. The molecular weight excluding hydrogens is 282 g/mol. The third-order valence-electron chi connectivity index (χ3n) is 4.84. The quantitative estimate of drug-likeness (QED) is 0.845. The molecule has 0 saturated carbocycles. The van der Waals surface area contributed by atoms with Crippen molar-refractivity contribution in [1.29, 1.82) is 0 Å². The molecule has 7 heteroatoms. The molecule has 5 rings (SSSR count). The number of carbonyl (C=O) groups is 1. The molecule has 4 heterocycles. The van der Waals surface area contributed by atoms with Crippen molar-refractivity contribution in [3.63, 3.8) is 0 Å². The van der Waals surface area contributed by atoms with Gasteiger partial charge in [-0.15, -0.1) is 4.91 Å². The van der Waals surface area contributed by atoms with Crippen LogP contribution in [0.4, 0.5) is 5.69 Å². The Morgan fingerprint density at radius 1 is 1.36 bits per heavy atom. The second-order valence-corrected chi connectivity index (χ2v) is 6.11. The number of amides is 1. The van der Waals surface area contributed by atoms with Crippen LogP contribution in [0.25, 0.3) is 10.9 Å². The lowest BCUT2D eigenvalue weighted by Crippen LogP contribution is -2.57. The lowest BCUT2D eigenvalue weighted by atomic mass is 9.84. The molecule has 2 N–H and O–H groups in total. The average Bonchev–Trinajstić information content (AvgIpc) is 2.99. The van der Waals surface area contributed by atoms with Crippen molar-refractivity contribution in [2.24, 2.45) is 11.1 Å². The molecule has 3 aliphatic rings. The molecule has 0 spiro atoms. The minimum absolute atomic E-state index is 0.187. The van der Waals surface area contributed by atoms with Gasteiger partial charge in [-0.05, 0) is 55.2 Å². The standard InChI is InChI=1S/C15H17N5O2/c21-15(16-13-8-20-5-3-9(13)4-6-20)14-11-7-10(19-22)1-2-12(11)17-18-14/h1-2,7,9,13H,3-6,8H2,(H,16,21)(H,17,18)/t13-/m0/s1. The first-order valence-electron chi connectivity index (χ1n) is 7.59. The summed E-state index contributed by atoms with van der Waals surface area (Å²) in [5, 5.41) is 13.6. The van der Waals surface area contributed by atoms with Crippen LogP contribution in [0, 0.1) is 10.8 Å². The zero-order valence-corrected chi connectivity index (χ0v) is 12.1. The SMILES string of the molecule is O=Nc1ccc2[nH]nc(C(=O)N[C@H]3CN4CCC3CC4)c2c1. The maximum absolute atomic E-state index is 12.5. The average molecular weight is 299 g/mol. The highest BCUT2D eigenvalue weighted by Gasteiger charge is 2.35. The Morgan fingerprint density at radius 3 is 2.86 bits per heavy atom. The van der Waals surface area contributed by atoms with Gasteiger partial charge in [0.15, 0.2) is 5.69 Å². The van der Waals surface area contributed by atoms with E-state index in [9.17, 15) is 9.70 Å². The van der Waals surface area contributed by atoms with E-state index in [0.717, 1.165) is 38.0 Å². The topological polar surface area (TPSA) is 90.5 Å². The van der Waals surface area contributed by atoms with Crippen molar-refractivity contribution < 1.29 is 4.79 Å². The van der Waals surface area contributed by atoms with Gasteiger partial charge in [0.2, 0.25) is 0 Å². The molecule has 22 heavy (non-hydrogen) atoms. The van der Waals surface area contributed by atoms with Crippen LogP contribution in [0.15, 0.2) is 23.4 Å². The van der Waals surface area contributed by atoms with E-state index in [1.165, 1.54) is 0 Å². The summed E-state index contributed by atoms with van der Waals surface area (Å²) in [6.07, 6.45) is 2.29. The maximum Gasteiger partial charge on any atom is 0.272 e. The molecule has 3 saturated heterocycles. The Bertz CT molecular complexity index is 733. The summed E-state index contributed by atoms with van der Waals surface area (Å²) in [6.45, 7) is 3.19. The summed E-state index contributed by atoms with van der Waals surface area (Å²) in [5.74, 6) is 0.374. The van der Waals surface area contributed by atoms with Gasteiger partial charge in [-0.2, -0.15) is 5.10 Å². The predicted octanol–water partition coefficient (Wildman–Crippen LogP) is 1.78. The van der Waals surface area contributed by atoms with E-state index in [4.69, 9.17) is 0 Å². The van der Waals surface area contributed by atoms with E-state index in [2.05, 4.69) is 25.6 Å². The lowest BCUT2D eigenvalue weighted by Gasteiger charge is -2.44. The molecule has 2 aromatic rings. The number of H-pyrrole nitrogens is 1. The lowest BCUT2D eigenvalue weighted by molar-refractivity contribution is 0.0618. The molecule has 0 unspecified atom stereocenters. The van der Waals surface area contributed by atoms with E-state index in [0.29, 0.717) is 22.7 Å². The minimum atomic E-state index is -0.187. The molecule has 1 aromatic carbocycles. The summed E-state index contributed by atoms with van der Waals surface area (Å²) in [4.78, 5) is 25.6. The zero-order valence-electron chi connectivity index (χ0n) is 12.1. The van der Waals surface area contributed by atoms with Gasteiger partial charge in [0.25, 0.3) is 5.91 Å². The number of piperidine rings is 3. The fraction of sp³-hybridized carbons (Fsp3) is 0.467. The highest BCUT2D eigenvalue weighted by molar-refractivity contribution is 6.05. The van der Waals surface area contributed by atoms with Gasteiger partial charge in [-0.3, -0.25) is 9.89 Å². The van der Waals surface area contributed by atoms with Crippen molar-refractivity contribution in [3.05, 3.63) is 28.8 Å². The van der Waals surface area contributed by atoms with E-state index in [1.807, 2.05) is 0 Å². The number of carbonyl (C=O) groups excluding carboxylic acids is 1. The van der Waals surface area contributed by atoms with Gasteiger partial charge in [-0.1, -0.05) is 0 Å². The number of nitrogens with one attached hydrogen (secondary N) is 2. The Kier molecular flexibility index (Phi) is 3.15. The molecule has 7 nitrogen and oxygen atoms in total. The van der Waals surface area contributed by atoms with Crippen LogP contribution in [0.1, 0.15) is 23.3 Å². The normalized spacial score (nSPS) is 27.0. The highest BCUT2D eigenvalue weighted by atomic mass is 16.3. The first-order valence-corrected chi connectivity index (χ1v) is 7.59. The van der Waals surface area contributed by atoms with Crippen LogP contribution < -0.4 is 5.32 Å². The molecule has 1 amide bonds. The zero-order chi connectivity index (χ0) is 15.1. The van der Waals surface area contributed by atoms with E-state index in [1.54, 1.807) is 18.2 Å². The van der Waals surface area contributed by atoms with Crippen molar-refractivity contribution in [2.75, 3.05) is 19.6 Å². The number of nitroso groups, excluding NO2 is 1. The van der Waals surface area contributed by atoms with Gasteiger partial charge < -0.3 is 10.2 Å². The van der Waals surface area contributed by atoms with Crippen LogP contribution in [0.2, 0.25) is 0 Å². The molecule has 1 aromatic heterocycles. The van der Waals surface area contributed by atoms with Gasteiger partial charge >= 0.3 is 0 Å². The molecular formula is C15H17N5O2. The molecule has 3 fully saturated rings. The largest absolute Gasteiger partial charge is 0.346 e. The number of fused-ring (bicyclic) bond motifs is 4. The molecule has 0 radical (unpaired) electrons. The summed E-state index contributed by atoms with van der Waals surface area (Å²) in [5.41, 5.74) is 1.36. The second kappa shape index (κ2) is 5.17. The van der Waals surface area contributed by atoms with Crippen LogP contribution in [0.3, 0.4) is 0 Å². The molecule has 3 aliphatic heterocycles. The predicted molar refractivity (Wildman–Crippen MR) is 82.0 cm³/mol. The van der Waals surface area contributed by atoms with E-state index >= 15 is 0 Å². The number of rotatable bonds is 3. The Labute approximate surface area is 127 Å². The van der Waals surface area contributed by atoms with Crippen molar-refractivity contribution in [3.8, 4) is 0 Å². The first kappa shape index (κ1) is 13.4. The molecule has 1 atom stereocenters. The van der Waals surface area contributed by atoms with Crippen molar-refractivity contribution >= 4 is 22.5 Å². The van der Waals surface area contributed by atoms with Crippen LogP contribution in [-0.4, -0.2) is 46.7 Å². The van der Waals surface area contributed by atoms with Gasteiger partial charge in [-0.25, -0.2) is 0 Å². The summed E-state index contributed by atoms with van der Waals surface area (Å²) >= 11 is 0. The minimum Gasteiger partial charge on any atom is -0.346 e. The smallest absolute Gasteiger partial charge is 0.272 e. The van der Waals surface area contributed by atoms with E-state index < -0.39 is 0 Å². The maximum atomic E-state index is 12.5. The molecule has 0 aliphatic carbocycles. The summed E-state index contributed by atoms with van der Waals surface area (Å²) in [6, 6.07) is 5.10. The third kappa shape index (κ3) is 2.18. The second-order valence-electron chi connectivity index (χ2n) is 6.11. The third-order valence-corrected chi connectivity index (χ3v) is 4.84.